The van der Waals surface area contributed by atoms with Crippen molar-refractivity contribution in [1.82, 2.24) is 19.8 Å². The number of nitrogens with zero attached hydrogens (tertiary/aromatic N) is 3. The average Bonchev–Trinajstić information content (AvgIpc) is 2.62. The van der Waals surface area contributed by atoms with E-state index < -0.39 is 10.0 Å². The maximum atomic E-state index is 12.1. The highest BCUT2D eigenvalue weighted by Crippen LogP contribution is 2.14. The Labute approximate surface area is 194 Å². The molecule has 0 radical (unpaired) electrons. The van der Waals surface area contributed by atoms with Gasteiger partial charge in [0.2, 0.25) is 10.0 Å². The van der Waals surface area contributed by atoms with Crippen molar-refractivity contribution in [3.63, 3.8) is 0 Å². The molecule has 0 unspecified atom stereocenters. The third kappa shape index (κ3) is 9.18. The van der Waals surface area contributed by atoms with E-state index in [1.165, 1.54) is 18.4 Å². The third-order valence-electron chi connectivity index (χ3n) is 4.45. The van der Waals surface area contributed by atoms with E-state index in [0.29, 0.717) is 18.6 Å². The van der Waals surface area contributed by atoms with Crippen LogP contribution < -0.4 is 10.6 Å². The van der Waals surface area contributed by atoms with Gasteiger partial charge in [-0.25, -0.2) is 17.7 Å². The second-order valence-corrected chi connectivity index (χ2v) is 9.63. The van der Waals surface area contributed by atoms with Gasteiger partial charge in [0.25, 0.3) is 0 Å². The van der Waals surface area contributed by atoms with E-state index in [4.69, 9.17) is 0 Å². The standard InChI is InChI=1S/C20H37N5O2S.HI/c1-8-21-20(22-13-14-25(16(2)3)17(4)5)23-15-18-9-11-19(12-10-18)28(26,27)24(6)7;/h9-12,16-17H,8,13-15H2,1-7H3,(H2,21,22,23);1H. The summed E-state index contributed by atoms with van der Waals surface area (Å²) in [5.41, 5.74) is 0.959. The SMILES string of the molecule is CCNC(=NCc1ccc(S(=O)(=O)N(C)C)cc1)NCCN(C(C)C)C(C)C.I. The molecule has 0 spiro atoms. The molecule has 2 N–H and O–H groups in total. The lowest BCUT2D eigenvalue weighted by atomic mass is 10.2. The molecule has 0 aliphatic carbocycles. The number of hydrogen-bond donors (Lipinski definition) is 2. The second-order valence-electron chi connectivity index (χ2n) is 7.48. The minimum atomic E-state index is -3.40. The summed E-state index contributed by atoms with van der Waals surface area (Å²) in [5.74, 6) is 0.764. The molecule has 9 heteroatoms. The summed E-state index contributed by atoms with van der Waals surface area (Å²) in [6.07, 6.45) is 0. The Balaban J connectivity index is 0.00000784. The fourth-order valence-electron chi connectivity index (χ4n) is 2.91. The zero-order chi connectivity index (χ0) is 21.3. The fraction of sp³-hybridized carbons (Fsp3) is 0.650. The molecule has 0 atom stereocenters. The van der Waals surface area contributed by atoms with Crippen molar-refractivity contribution in [3.8, 4) is 0 Å². The normalized spacial score (nSPS) is 12.6. The van der Waals surface area contributed by atoms with Crippen molar-refractivity contribution in [2.45, 2.75) is 58.1 Å². The number of aliphatic imine (C=N–C) groups is 1. The summed E-state index contributed by atoms with van der Waals surface area (Å²) in [6.45, 7) is 13.9. The summed E-state index contributed by atoms with van der Waals surface area (Å²) in [6, 6.07) is 7.87. The van der Waals surface area contributed by atoms with Crippen LogP contribution in [0.3, 0.4) is 0 Å². The first kappa shape index (κ1) is 28.1. The molecule has 0 aromatic heterocycles. The first-order chi connectivity index (χ1) is 13.1. The Bertz CT molecular complexity index is 711. The Morgan fingerprint density at radius 2 is 1.59 bits per heavy atom. The lowest BCUT2D eigenvalue weighted by Gasteiger charge is -2.30. The van der Waals surface area contributed by atoms with Gasteiger partial charge in [0.05, 0.1) is 11.4 Å². The molecule has 1 aromatic rings. The zero-order valence-electron chi connectivity index (χ0n) is 18.8. The number of sulfonamides is 1. The van der Waals surface area contributed by atoms with Crippen LogP contribution in [0, 0.1) is 0 Å². The van der Waals surface area contributed by atoms with E-state index in [0.717, 1.165) is 31.2 Å². The van der Waals surface area contributed by atoms with E-state index in [9.17, 15) is 8.42 Å². The summed E-state index contributed by atoms with van der Waals surface area (Å²) in [5, 5.41) is 6.63. The number of halogens is 1. The molecule has 168 valence electrons. The fourth-order valence-corrected chi connectivity index (χ4v) is 3.81. The first-order valence-electron chi connectivity index (χ1n) is 9.89. The van der Waals surface area contributed by atoms with Gasteiger partial charge in [-0.1, -0.05) is 12.1 Å². The molecule has 0 saturated carbocycles. The molecule has 0 amide bonds. The largest absolute Gasteiger partial charge is 0.357 e. The van der Waals surface area contributed by atoms with Crippen molar-refractivity contribution >= 4 is 40.0 Å². The molecule has 0 aliphatic heterocycles. The van der Waals surface area contributed by atoms with Crippen LogP contribution in [0.1, 0.15) is 40.2 Å². The van der Waals surface area contributed by atoms with E-state index in [1.54, 1.807) is 12.1 Å². The maximum absolute atomic E-state index is 12.1. The summed E-state index contributed by atoms with van der Waals surface area (Å²) < 4.78 is 25.5. The Morgan fingerprint density at radius 3 is 2.03 bits per heavy atom. The average molecular weight is 540 g/mol. The molecule has 0 aliphatic rings. The molecule has 0 bridgehead atoms. The highest BCUT2D eigenvalue weighted by Gasteiger charge is 2.16. The lowest BCUT2D eigenvalue weighted by molar-refractivity contribution is 0.178. The number of nitrogens with one attached hydrogen (secondary N) is 2. The van der Waals surface area contributed by atoms with Crippen LogP contribution in [0.15, 0.2) is 34.2 Å². The summed E-state index contributed by atoms with van der Waals surface area (Å²) >= 11 is 0. The van der Waals surface area contributed by atoms with Gasteiger partial charge in [0.15, 0.2) is 5.96 Å². The number of benzene rings is 1. The van der Waals surface area contributed by atoms with Gasteiger partial charge in [-0.05, 0) is 52.3 Å². The smallest absolute Gasteiger partial charge is 0.242 e. The molecular weight excluding hydrogens is 501 g/mol. The van der Waals surface area contributed by atoms with Crippen LogP contribution in [0.25, 0.3) is 0 Å². The molecule has 0 heterocycles. The highest BCUT2D eigenvalue weighted by atomic mass is 127. The molecule has 0 fully saturated rings. The molecular formula is C20H38IN5O2S. The van der Waals surface area contributed by atoms with Crippen molar-refractivity contribution in [2.24, 2.45) is 4.99 Å². The van der Waals surface area contributed by atoms with E-state index in [2.05, 4.69) is 48.2 Å². The van der Waals surface area contributed by atoms with Crippen LogP contribution in [0.2, 0.25) is 0 Å². The number of hydrogen-bond acceptors (Lipinski definition) is 4. The van der Waals surface area contributed by atoms with Gasteiger partial charge in [-0.15, -0.1) is 24.0 Å². The second kappa shape index (κ2) is 13.4. The molecule has 1 aromatic carbocycles. The highest BCUT2D eigenvalue weighted by molar-refractivity contribution is 14.0. The predicted molar refractivity (Wildman–Crippen MR) is 133 cm³/mol. The van der Waals surface area contributed by atoms with Crippen LogP contribution >= 0.6 is 24.0 Å². The van der Waals surface area contributed by atoms with Crippen molar-refractivity contribution < 1.29 is 8.42 Å². The maximum Gasteiger partial charge on any atom is 0.242 e. The van der Waals surface area contributed by atoms with Gasteiger partial charge in [-0.3, -0.25) is 4.90 Å². The summed E-state index contributed by atoms with van der Waals surface area (Å²) in [7, 11) is -0.341. The minimum absolute atomic E-state index is 0. The number of guanidine groups is 1. The van der Waals surface area contributed by atoms with Crippen molar-refractivity contribution in [1.29, 1.82) is 0 Å². The minimum Gasteiger partial charge on any atom is -0.357 e. The van der Waals surface area contributed by atoms with Gasteiger partial charge < -0.3 is 10.6 Å². The Morgan fingerprint density at radius 1 is 1.03 bits per heavy atom. The van der Waals surface area contributed by atoms with Gasteiger partial charge >= 0.3 is 0 Å². The quantitative estimate of drug-likeness (QED) is 0.272. The van der Waals surface area contributed by atoms with Crippen molar-refractivity contribution in [2.75, 3.05) is 33.7 Å². The van der Waals surface area contributed by atoms with Gasteiger partial charge in [-0.2, -0.15) is 0 Å². The predicted octanol–water partition coefficient (Wildman–Crippen LogP) is 2.73. The molecule has 1 rings (SSSR count). The van der Waals surface area contributed by atoms with Crippen LogP contribution in [-0.2, 0) is 16.6 Å². The van der Waals surface area contributed by atoms with E-state index in [-0.39, 0.29) is 28.9 Å². The number of rotatable bonds is 10. The van der Waals surface area contributed by atoms with Gasteiger partial charge in [0, 0.05) is 45.8 Å². The first-order valence-corrected chi connectivity index (χ1v) is 11.3. The third-order valence-corrected chi connectivity index (χ3v) is 6.28. The Kier molecular flexibility index (Phi) is 13.0. The lowest BCUT2D eigenvalue weighted by Crippen LogP contribution is -2.45. The Hall–Kier alpha value is -0.910. The summed E-state index contributed by atoms with van der Waals surface area (Å²) in [4.78, 5) is 7.33. The monoisotopic (exact) mass is 539 g/mol. The molecule has 7 nitrogen and oxygen atoms in total. The van der Waals surface area contributed by atoms with E-state index in [1.807, 2.05) is 19.1 Å². The van der Waals surface area contributed by atoms with Crippen molar-refractivity contribution in [3.05, 3.63) is 29.8 Å². The van der Waals surface area contributed by atoms with Crippen LogP contribution in [0.5, 0.6) is 0 Å². The van der Waals surface area contributed by atoms with E-state index >= 15 is 0 Å². The van der Waals surface area contributed by atoms with Crippen LogP contribution in [-0.4, -0.2) is 69.4 Å². The zero-order valence-corrected chi connectivity index (χ0v) is 21.9. The molecule has 0 saturated heterocycles. The molecule has 29 heavy (non-hydrogen) atoms. The van der Waals surface area contributed by atoms with Crippen LogP contribution in [0.4, 0.5) is 0 Å². The topological polar surface area (TPSA) is 77.0 Å². The van der Waals surface area contributed by atoms with Gasteiger partial charge in [0.1, 0.15) is 0 Å².